The van der Waals surface area contributed by atoms with Crippen LogP contribution in [0.4, 0.5) is 5.69 Å². The van der Waals surface area contributed by atoms with Gasteiger partial charge in [0.05, 0.1) is 5.92 Å². The number of carbonyl (C=O) groups excluding carboxylic acids is 2. The van der Waals surface area contributed by atoms with Crippen LogP contribution in [0.5, 0.6) is 0 Å². The first-order chi connectivity index (χ1) is 13.3. The molecule has 0 bridgehead atoms. The molecule has 1 unspecified atom stereocenters. The smallest absolute Gasteiger partial charge is 0.330 e. The number of benzene rings is 2. The Morgan fingerprint density at radius 2 is 1.71 bits per heavy atom. The molecule has 2 aromatic rings. The molecule has 3 rings (SSSR count). The van der Waals surface area contributed by atoms with Gasteiger partial charge in [0.15, 0.2) is 6.04 Å². The van der Waals surface area contributed by atoms with Gasteiger partial charge in [-0.1, -0.05) is 48.0 Å². The summed E-state index contributed by atoms with van der Waals surface area (Å²) >= 11 is 0. The van der Waals surface area contributed by atoms with Crippen molar-refractivity contribution in [3.05, 3.63) is 64.7 Å². The Morgan fingerprint density at radius 3 is 2.29 bits per heavy atom. The highest BCUT2D eigenvalue weighted by molar-refractivity contribution is 6.01. The van der Waals surface area contributed by atoms with Crippen LogP contribution in [-0.4, -0.2) is 29.4 Å². The molecule has 6 heteroatoms. The Morgan fingerprint density at radius 1 is 1.11 bits per heavy atom. The molecule has 0 aromatic heterocycles. The molecule has 0 aliphatic carbocycles. The van der Waals surface area contributed by atoms with Crippen LogP contribution in [0.25, 0.3) is 0 Å². The van der Waals surface area contributed by atoms with Gasteiger partial charge in [-0.25, -0.2) is 4.79 Å². The van der Waals surface area contributed by atoms with Crippen LogP contribution in [0.3, 0.4) is 0 Å². The van der Waals surface area contributed by atoms with E-state index < -0.39 is 23.8 Å². The number of nitrogens with zero attached hydrogens (tertiary/aromatic N) is 1. The Bertz CT molecular complexity index is 900. The normalized spacial score (nSPS) is 17.5. The van der Waals surface area contributed by atoms with Gasteiger partial charge in [0, 0.05) is 18.7 Å². The fourth-order valence-electron chi connectivity index (χ4n) is 3.89. The molecule has 1 aliphatic rings. The number of aryl methyl sites for hydroxylation is 3. The van der Waals surface area contributed by atoms with Gasteiger partial charge in [-0.05, 0) is 37.5 Å². The number of aliphatic carboxylic acids is 1. The third-order valence-electron chi connectivity index (χ3n) is 5.07. The predicted molar refractivity (Wildman–Crippen MR) is 106 cm³/mol. The molecule has 2 amide bonds. The van der Waals surface area contributed by atoms with Crippen LogP contribution in [0.2, 0.25) is 0 Å². The number of anilines is 1. The van der Waals surface area contributed by atoms with E-state index in [1.807, 2.05) is 32.9 Å². The number of carboxylic acid groups (broad SMARTS) is 1. The lowest BCUT2D eigenvalue weighted by Gasteiger charge is -2.22. The van der Waals surface area contributed by atoms with Crippen molar-refractivity contribution in [2.45, 2.75) is 33.2 Å². The first kappa shape index (κ1) is 19.6. The summed E-state index contributed by atoms with van der Waals surface area (Å²) in [4.78, 5) is 38.6. The molecule has 2 N–H and O–H groups in total. The largest absolute Gasteiger partial charge is 0.479 e. The van der Waals surface area contributed by atoms with Crippen molar-refractivity contribution in [2.24, 2.45) is 5.92 Å². The molecule has 0 saturated carbocycles. The summed E-state index contributed by atoms with van der Waals surface area (Å²) in [5.74, 6) is -2.26. The van der Waals surface area contributed by atoms with Crippen molar-refractivity contribution in [1.29, 1.82) is 0 Å². The maximum atomic E-state index is 12.7. The molecule has 6 nitrogen and oxygen atoms in total. The van der Waals surface area contributed by atoms with Gasteiger partial charge in [0.2, 0.25) is 11.8 Å². The fraction of sp³-hybridized carbons (Fsp3) is 0.318. The maximum absolute atomic E-state index is 12.7. The Balaban J connectivity index is 1.78. The summed E-state index contributed by atoms with van der Waals surface area (Å²) in [6.07, 6.45) is 0.0692. The van der Waals surface area contributed by atoms with Gasteiger partial charge in [-0.15, -0.1) is 0 Å². The minimum absolute atomic E-state index is 0.0692. The number of hydrogen-bond donors (Lipinski definition) is 2. The van der Waals surface area contributed by atoms with E-state index in [4.69, 9.17) is 0 Å². The van der Waals surface area contributed by atoms with Crippen molar-refractivity contribution in [3.63, 3.8) is 0 Å². The number of nitrogens with one attached hydrogen (secondary N) is 1. The quantitative estimate of drug-likeness (QED) is 0.835. The molecule has 2 atom stereocenters. The fourth-order valence-corrected chi connectivity index (χ4v) is 3.89. The van der Waals surface area contributed by atoms with Crippen LogP contribution in [0, 0.1) is 26.7 Å². The van der Waals surface area contributed by atoms with Gasteiger partial charge in [0.25, 0.3) is 0 Å². The number of carbonyl (C=O) groups is 3. The van der Waals surface area contributed by atoms with Crippen LogP contribution in [0.1, 0.15) is 34.7 Å². The molecule has 1 aliphatic heterocycles. The summed E-state index contributed by atoms with van der Waals surface area (Å²) in [6.45, 7) is 6.15. The van der Waals surface area contributed by atoms with Crippen LogP contribution < -0.4 is 10.2 Å². The van der Waals surface area contributed by atoms with Gasteiger partial charge in [0.1, 0.15) is 0 Å². The van der Waals surface area contributed by atoms with Crippen LogP contribution in [0.15, 0.2) is 42.5 Å². The second kappa shape index (κ2) is 7.84. The van der Waals surface area contributed by atoms with E-state index >= 15 is 0 Å². The van der Waals surface area contributed by atoms with E-state index in [-0.39, 0.29) is 18.9 Å². The topological polar surface area (TPSA) is 86.7 Å². The molecule has 146 valence electrons. The lowest BCUT2D eigenvalue weighted by Crippen LogP contribution is -2.38. The zero-order valence-electron chi connectivity index (χ0n) is 16.2. The van der Waals surface area contributed by atoms with Crippen LogP contribution in [-0.2, 0) is 14.4 Å². The summed E-state index contributed by atoms with van der Waals surface area (Å²) in [7, 11) is 0. The van der Waals surface area contributed by atoms with E-state index in [0.717, 1.165) is 22.4 Å². The lowest BCUT2D eigenvalue weighted by molar-refractivity contribution is -0.142. The van der Waals surface area contributed by atoms with Gasteiger partial charge >= 0.3 is 5.97 Å². The second-order valence-corrected chi connectivity index (χ2v) is 7.34. The standard InChI is InChI=1S/C22H24N2O4/c1-13-9-14(2)20(15(3)10-13)24-12-17(11-18(24)25)21(26)23-19(22(27)28)16-7-5-4-6-8-16/h4-10,17,19H,11-12H2,1-3H3,(H,23,26)(H,27,28)/t17?,19-/m0/s1. The monoisotopic (exact) mass is 380 g/mol. The molecule has 2 aromatic carbocycles. The summed E-state index contributed by atoms with van der Waals surface area (Å²) in [5.41, 5.74) is 4.42. The average Bonchev–Trinajstić information content (AvgIpc) is 3.01. The molecule has 1 saturated heterocycles. The highest BCUT2D eigenvalue weighted by Crippen LogP contribution is 2.32. The number of rotatable bonds is 5. The van der Waals surface area contributed by atoms with Gasteiger partial charge < -0.3 is 15.3 Å². The first-order valence-corrected chi connectivity index (χ1v) is 9.24. The van der Waals surface area contributed by atoms with E-state index in [1.165, 1.54) is 0 Å². The van der Waals surface area contributed by atoms with Crippen LogP contribution >= 0.6 is 0 Å². The summed E-state index contributed by atoms with van der Waals surface area (Å²) in [6, 6.07) is 11.4. The molecule has 1 heterocycles. The van der Waals surface area contributed by atoms with Gasteiger partial charge in [-0.3, -0.25) is 9.59 Å². The van der Waals surface area contributed by atoms with Gasteiger partial charge in [-0.2, -0.15) is 0 Å². The predicted octanol–water partition coefficient (Wildman–Crippen LogP) is 2.91. The lowest BCUT2D eigenvalue weighted by atomic mass is 10.0. The minimum atomic E-state index is -1.14. The van der Waals surface area contributed by atoms with E-state index in [9.17, 15) is 19.5 Å². The molecule has 1 fully saturated rings. The Kier molecular flexibility index (Phi) is 5.49. The average molecular weight is 380 g/mol. The van der Waals surface area contributed by atoms with Crippen molar-refractivity contribution in [3.8, 4) is 0 Å². The first-order valence-electron chi connectivity index (χ1n) is 9.24. The summed E-state index contributed by atoms with van der Waals surface area (Å²) in [5, 5.41) is 12.1. The maximum Gasteiger partial charge on any atom is 0.330 e. The number of amides is 2. The second-order valence-electron chi connectivity index (χ2n) is 7.34. The number of hydrogen-bond acceptors (Lipinski definition) is 3. The molecule has 0 spiro atoms. The highest BCUT2D eigenvalue weighted by atomic mass is 16.4. The zero-order valence-corrected chi connectivity index (χ0v) is 16.2. The third kappa shape index (κ3) is 3.91. The van der Waals surface area contributed by atoms with E-state index in [0.29, 0.717) is 5.56 Å². The minimum Gasteiger partial charge on any atom is -0.479 e. The number of carboxylic acids is 1. The molecule has 0 radical (unpaired) electrons. The third-order valence-corrected chi connectivity index (χ3v) is 5.07. The molecule has 28 heavy (non-hydrogen) atoms. The van der Waals surface area contributed by atoms with Crippen molar-refractivity contribution < 1.29 is 19.5 Å². The SMILES string of the molecule is Cc1cc(C)c(N2CC(C(=O)N[C@H](C(=O)O)c3ccccc3)CC2=O)c(C)c1. The molecular formula is C22H24N2O4. The van der Waals surface area contributed by atoms with E-state index in [1.54, 1.807) is 35.2 Å². The van der Waals surface area contributed by atoms with E-state index in [2.05, 4.69) is 5.32 Å². The highest BCUT2D eigenvalue weighted by Gasteiger charge is 2.37. The zero-order chi connectivity index (χ0) is 20.4. The Hall–Kier alpha value is -3.15. The molecular weight excluding hydrogens is 356 g/mol. The Labute approximate surface area is 164 Å². The van der Waals surface area contributed by atoms with Crippen molar-refractivity contribution >= 4 is 23.5 Å². The van der Waals surface area contributed by atoms with Crippen molar-refractivity contribution in [2.75, 3.05) is 11.4 Å². The summed E-state index contributed by atoms with van der Waals surface area (Å²) < 4.78 is 0. The van der Waals surface area contributed by atoms with Crippen molar-refractivity contribution in [1.82, 2.24) is 5.32 Å².